The molecule has 5 aromatic heterocycles. The molecule has 41 heavy (non-hydrogen) atoms. The number of allylic oxidation sites excluding steroid dienone is 2. The van der Waals surface area contributed by atoms with E-state index in [2.05, 4.69) is 86.8 Å². The molecule has 5 heterocycles. The Bertz CT molecular complexity index is 2010. The van der Waals surface area contributed by atoms with E-state index in [0.717, 1.165) is 72.3 Å². The van der Waals surface area contributed by atoms with Crippen LogP contribution in [-0.2, 0) is 12.8 Å². The van der Waals surface area contributed by atoms with Gasteiger partial charge in [0.1, 0.15) is 16.9 Å². The Kier molecular flexibility index (Phi) is 7.27. The van der Waals surface area contributed by atoms with E-state index in [1.54, 1.807) is 11.3 Å². The third kappa shape index (κ3) is 5.44. The molecule has 0 spiro atoms. The molecular formula is C34H30N6S. The quantitative estimate of drug-likeness (QED) is 0.223. The maximum atomic E-state index is 4.98. The number of aromatic nitrogens is 6. The van der Waals surface area contributed by atoms with Crippen molar-refractivity contribution in [3.8, 4) is 22.1 Å². The number of rotatable bonds is 8. The van der Waals surface area contributed by atoms with Crippen molar-refractivity contribution < 1.29 is 0 Å². The van der Waals surface area contributed by atoms with Gasteiger partial charge in [-0.3, -0.25) is 15.1 Å². The molecule has 0 bridgehead atoms. The van der Waals surface area contributed by atoms with E-state index < -0.39 is 0 Å². The fourth-order valence-electron chi connectivity index (χ4n) is 4.82. The maximum Gasteiger partial charge on any atom is 0.159 e. The number of thiophene rings is 1. The van der Waals surface area contributed by atoms with Crippen molar-refractivity contribution in [1.82, 2.24) is 30.1 Å². The molecule has 0 aliphatic rings. The molecule has 0 aliphatic heterocycles. The molecule has 1 aromatic carbocycles. The van der Waals surface area contributed by atoms with E-state index >= 15 is 0 Å². The van der Waals surface area contributed by atoms with Gasteiger partial charge in [0.15, 0.2) is 5.82 Å². The van der Waals surface area contributed by atoms with Gasteiger partial charge in [0.25, 0.3) is 0 Å². The van der Waals surface area contributed by atoms with Crippen LogP contribution in [0.1, 0.15) is 35.4 Å². The fraction of sp³-hybridized carbons (Fsp3) is 0.118. The zero-order valence-electron chi connectivity index (χ0n) is 23.1. The second-order valence-corrected chi connectivity index (χ2v) is 11.1. The highest BCUT2D eigenvalue weighted by atomic mass is 32.1. The van der Waals surface area contributed by atoms with Gasteiger partial charge in [-0.05, 0) is 84.9 Å². The lowest BCUT2D eigenvalue weighted by Crippen LogP contribution is -2.23. The van der Waals surface area contributed by atoms with Crippen molar-refractivity contribution in [2.24, 2.45) is 0 Å². The van der Waals surface area contributed by atoms with Crippen molar-refractivity contribution in [3.05, 3.63) is 118 Å². The van der Waals surface area contributed by atoms with E-state index in [0.29, 0.717) is 5.82 Å². The van der Waals surface area contributed by atoms with Gasteiger partial charge in [-0.1, -0.05) is 49.6 Å². The van der Waals surface area contributed by atoms with Crippen molar-refractivity contribution in [1.29, 1.82) is 0 Å². The van der Waals surface area contributed by atoms with Gasteiger partial charge in [0, 0.05) is 28.7 Å². The first-order chi connectivity index (χ1) is 20.0. The zero-order chi connectivity index (χ0) is 28.3. The van der Waals surface area contributed by atoms with E-state index in [1.165, 1.54) is 11.1 Å². The third-order valence-corrected chi connectivity index (χ3v) is 8.29. The normalized spacial score (nSPS) is 12.3. The molecular weight excluding hydrogens is 524 g/mol. The van der Waals surface area contributed by atoms with Crippen LogP contribution in [0, 0.1) is 0 Å². The molecule has 6 aromatic rings. The number of nitrogens with zero attached hydrogens (tertiary/aromatic N) is 4. The minimum atomic E-state index is 0.670. The Morgan fingerprint density at radius 1 is 0.976 bits per heavy atom. The molecule has 0 aliphatic carbocycles. The van der Waals surface area contributed by atoms with E-state index in [1.807, 2.05) is 50.6 Å². The highest BCUT2D eigenvalue weighted by molar-refractivity contribution is 7.16. The molecule has 0 saturated heterocycles. The Morgan fingerprint density at radius 3 is 2.59 bits per heavy atom. The minimum absolute atomic E-state index is 0.670. The lowest BCUT2D eigenvalue weighted by Gasteiger charge is -2.05. The number of imidazole rings is 1. The summed E-state index contributed by atoms with van der Waals surface area (Å²) in [5.74, 6) is 0.670. The van der Waals surface area contributed by atoms with Crippen LogP contribution in [0.2, 0.25) is 0 Å². The Hall–Kier alpha value is -4.88. The third-order valence-electron chi connectivity index (χ3n) is 7.04. The summed E-state index contributed by atoms with van der Waals surface area (Å²) in [6.07, 6.45) is 11.5. The summed E-state index contributed by atoms with van der Waals surface area (Å²) in [6, 6.07) is 18.8. The molecule has 7 heteroatoms. The monoisotopic (exact) mass is 554 g/mol. The number of fused-ring (bicyclic) bond motifs is 1. The van der Waals surface area contributed by atoms with Gasteiger partial charge >= 0.3 is 0 Å². The second-order valence-electron chi connectivity index (χ2n) is 10.0. The van der Waals surface area contributed by atoms with Crippen LogP contribution in [0.5, 0.6) is 0 Å². The van der Waals surface area contributed by atoms with Gasteiger partial charge in [-0.2, -0.15) is 5.10 Å². The Labute approximate surface area is 242 Å². The summed E-state index contributed by atoms with van der Waals surface area (Å²) in [6.45, 7) is 12.5. The molecule has 0 atom stereocenters. The van der Waals surface area contributed by atoms with Gasteiger partial charge < -0.3 is 4.98 Å². The Morgan fingerprint density at radius 2 is 1.80 bits per heavy atom. The number of nitrogens with one attached hydrogen (secondary N) is 2. The van der Waals surface area contributed by atoms with Crippen LogP contribution in [0.25, 0.3) is 56.4 Å². The summed E-state index contributed by atoms with van der Waals surface area (Å²) in [7, 11) is 0. The molecule has 202 valence electrons. The maximum absolute atomic E-state index is 4.98. The lowest BCUT2D eigenvalue weighted by atomic mass is 10.0. The Balaban J connectivity index is 1.35. The van der Waals surface area contributed by atoms with E-state index in [9.17, 15) is 0 Å². The van der Waals surface area contributed by atoms with Crippen LogP contribution in [-0.4, -0.2) is 30.1 Å². The SMILES string of the molecule is C=C(/C=c1/c(-c2nc3c(-c4ccc(C(=C)C)s4)nccc3[nH]2)n[nH]/c1=C/C)c1cncc(CCc2ccccc2)c1. The van der Waals surface area contributed by atoms with Crippen molar-refractivity contribution in [2.75, 3.05) is 0 Å². The topological polar surface area (TPSA) is 83.1 Å². The van der Waals surface area contributed by atoms with Crippen LogP contribution in [0.3, 0.4) is 0 Å². The first kappa shape index (κ1) is 26.3. The standard InChI is InChI=1S/C34H30N6S/c1-5-27-26(17-22(4)25-18-24(19-35-20-25)12-11-23-9-7-6-8-10-23)31(40-39-27)34-37-28-15-16-36-33(32(28)38-34)30-14-13-29(41-30)21(2)3/h5-10,13-20,39H,2,4,11-12H2,1,3H3,(H,37,38)/b26-17+,27-5+. The first-order valence-electron chi connectivity index (χ1n) is 13.5. The van der Waals surface area contributed by atoms with E-state index in [-0.39, 0.29) is 0 Å². The first-order valence-corrected chi connectivity index (χ1v) is 14.3. The molecule has 6 rings (SSSR count). The molecule has 2 N–H and O–H groups in total. The number of aromatic amines is 2. The van der Waals surface area contributed by atoms with Gasteiger partial charge in [-0.15, -0.1) is 11.3 Å². The van der Waals surface area contributed by atoms with E-state index in [4.69, 9.17) is 4.98 Å². The zero-order valence-corrected chi connectivity index (χ0v) is 23.9. The predicted octanol–water partition coefficient (Wildman–Crippen LogP) is 6.58. The van der Waals surface area contributed by atoms with Gasteiger partial charge in [0.2, 0.25) is 0 Å². The number of hydrogen-bond donors (Lipinski definition) is 2. The lowest BCUT2D eigenvalue weighted by molar-refractivity contribution is 0.949. The van der Waals surface area contributed by atoms with Crippen molar-refractivity contribution in [2.45, 2.75) is 26.7 Å². The summed E-state index contributed by atoms with van der Waals surface area (Å²) in [5.41, 5.74) is 8.64. The molecule has 0 fully saturated rings. The average molecular weight is 555 g/mol. The highest BCUT2D eigenvalue weighted by Gasteiger charge is 2.16. The minimum Gasteiger partial charge on any atom is -0.336 e. The molecule has 0 unspecified atom stereocenters. The van der Waals surface area contributed by atoms with Crippen molar-refractivity contribution in [3.63, 3.8) is 0 Å². The summed E-state index contributed by atoms with van der Waals surface area (Å²) in [5, 5.41) is 9.62. The van der Waals surface area contributed by atoms with Crippen LogP contribution >= 0.6 is 11.3 Å². The van der Waals surface area contributed by atoms with Gasteiger partial charge in [0.05, 0.1) is 15.7 Å². The fourth-order valence-corrected chi connectivity index (χ4v) is 5.75. The molecule has 6 nitrogen and oxygen atoms in total. The summed E-state index contributed by atoms with van der Waals surface area (Å²) < 4.78 is 0. The molecule has 0 amide bonds. The highest BCUT2D eigenvalue weighted by Crippen LogP contribution is 2.34. The summed E-state index contributed by atoms with van der Waals surface area (Å²) in [4.78, 5) is 19.8. The van der Waals surface area contributed by atoms with Crippen LogP contribution in [0.15, 0.2) is 86.3 Å². The van der Waals surface area contributed by atoms with Crippen LogP contribution < -0.4 is 10.6 Å². The average Bonchev–Trinajstić information content (AvgIpc) is 3.75. The largest absolute Gasteiger partial charge is 0.336 e. The number of aryl methyl sites for hydroxylation is 2. The number of benzene rings is 1. The van der Waals surface area contributed by atoms with Crippen LogP contribution in [0.4, 0.5) is 0 Å². The number of hydrogen-bond acceptors (Lipinski definition) is 5. The second kappa shape index (κ2) is 11.3. The summed E-state index contributed by atoms with van der Waals surface area (Å²) >= 11 is 1.67. The molecule has 0 radical (unpaired) electrons. The molecule has 0 saturated carbocycles. The van der Waals surface area contributed by atoms with Gasteiger partial charge in [-0.25, -0.2) is 4.98 Å². The number of H-pyrrole nitrogens is 2. The number of pyridine rings is 2. The van der Waals surface area contributed by atoms with Crippen molar-refractivity contribution >= 4 is 45.7 Å². The smallest absolute Gasteiger partial charge is 0.159 e. The predicted molar refractivity (Wildman–Crippen MR) is 170 cm³/mol.